The van der Waals surface area contributed by atoms with E-state index in [9.17, 15) is 9.59 Å². The number of hydrogen-bond acceptors (Lipinski definition) is 5. The minimum absolute atomic E-state index is 0.295. The molecule has 1 aromatic heterocycles. The molecule has 0 aliphatic carbocycles. The molecule has 23 heavy (non-hydrogen) atoms. The molecule has 0 aliphatic heterocycles. The summed E-state index contributed by atoms with van der Waals surface area (Å²) in [6, 6.07) is 9.46. The molecular formula is C16H15BrN2O3S. The van der Waals surface area contributed by atoms with Gasteiger partial charge in [-0.05, 0) is 41.4 Å². The van der Waals surface area contributed by atoms with E-state index in [0.717, 1.165) is 16.9 Å². The Balaban J connectivity index is 2.10. The lowest BCUT2D eigenvalue weighted by atomic mass is 10.2. The molecule has 7 heteroatoms. The largest absolute Gasteiger partial charge is 0.462 e. The molecule has 0 bridgehead atoms. The van der Waals surface area contributed by atoms with E-state index in [-0.39, 0.29) is 5.91 Å². The zero-order chi connectivity index (χ0) is 16.8. The van der Waals surface area contributed by atoms with Crippen LogP contribution in [0.15, 0.2) is 34.8 Å². The number of aryl methyl sites for hydroxylation is 1. The maximum atomic E-state index is 12.2. The Hall–Kier alpha value is -1.99. The molecule has 1 N–H and O–H groups in total. The van der Waals surface area contributed by atoms with Gasteiger partial charge in [-0.2, -0.15) is 0 Å². The first kappa shape index (κ1) is 17.4. The van der Waals surface area contributed by atoms with Gasteiger partial charge in [-0.15, -0.1) is 0 Å². The number of carbonyl (C=O) groups excluding carboxylic acids is 2. The molecule has 0 radical (unpaired) electrons. The molecule has 1 amide bonds. The number of hydrogen-bond donors (Lipinski definition) is 1. The highest BCUT2D eigenvalue weighted by atomic mass is 79.9. The van der Waals surface area contributed by atoms with Gasteiger partial charge in [0.1, 0.15) is 4.88 Å². The topological polar surface area (TPSA) is 68.3 Å². The highest BCUT2D eigenvalue weighted by molar-refractivity contribution is 9.12. The zero-order valence-electron chi connectivity index (χ0n) is 12.6. The van der Waals surface area contributed by atoms with E-state index in [1.165, 1.54) is 0 Å². The predicted octanol–water partition coefficient (Wildman–Crippen LogP) is 4.00. The fourth-order valence-electron chi connectivity index (χ4n) is 1.75. The van der Waals surface area contributed by atoms with Crippen LogP contribution in [0.4, 0.5) is 5.13 Å². The highest BCUT2D eigenvalue weighted by Gasteiger charge is 2.18. The minimum Gasteiger partial charge on any atom is -0.462 e. The normalized spacial score (nSPS) is 11.2. The Morgan fingerprint density at radius 3 is 2.70 bits per heavy atom. The second-order valence-electron chi connectivity index (χ2n) is 4.51. The van der Waals surface area contributed by atoms with E-state index in [2.05, 4.69) is 26.2 Å². The molecule has 0 fully saturated rings. The van der Waals surface area contributed by atoms with Crippen LogP contribution in [-0.4, -0.2) is 23.5 Å². The van der Waals surface area contributed by atoms with Gasteiger partial charge < -0.3 is 4.74 Å². The SMILES string of the molecule is CCOC(=O)c1sc(NC(=O)C(Br)=Cc2ccccc2)nc1C. The van der Waals surface area contributed by atoms with Crippen molar-refractivity contribution >= 4 is 50.4 Å². The van der Waals surface area contributed by atoms with Crippen LogP contribution in [-0.2, 0) is 9.53 Å². The van der Waals surface area contributed by atoms with Gasteiger partial charge in [-0.25, -0.2) is 9.78 Å². The van der Waals surface area contributed by atoms with Gasteiger partial charge >= 0.3 is 5.97 Å². The number of anilines is 1. The maximum absolute atomic E-state index is 12.2. The van der Waals surface area contributed by atoms with E-state index >= 15 is 0 Å². The van der Waals surface area contributed by atoms with E-state index in [1.807, 2.05) is 30.3 Å². The van der Waals surface area contributed by atoms with Gasteiger partial charge in [0.2, 0.25) is 0 Å². The molecule has 0 unspecified atom stereocenters. The Labute approximate surface area is 146 Å². The second-order valence-corrected chi connectivity index (χ2v) is 6.36. The highest BCUT2D eigenvalue weighted by Crippen LogP contribution is 2.24. The number of aromatic nitrogens is 1. The number of benzene rings is 1. The third-order valence-electron chi connectivity index (χ3n) is 2.79. The first-order valence-corrected chi connectivity index (χ1v) is 8.50. The molecule has 0 spiro atoms. The number of carbonyl (C=O) groups is 2. The summed E-state index contributed by atoms with van der Waals surface area (Å²) in [5.41, 5.74) is 1.43. The number of esters is 1. The van der Waals surface area contributed by atoms with Gasteiger partial charge in [-0.3, -0.25) is 10.1 Å². The molecule has 0 aliphatic rings. The average molecular weight is 395 g/mol. The van der Waals surface area contributed by atoms with Crippen molar-refractivity contribution in [3.05, 3.63) is 50.9 Å². The van der Waals surface area contributed by atoms with Crippen molar-refractivity contribution in [1.82, 2.24) is 4.98 Å². The van der Waals surface area contributed by atoms with Crippen molar-refractivity contribution in [3.63, 3.8) is 0 Å². The summed E-state index contributed by atoms with van der Waals surface area (Å²) in [6.45, 7) is 3.74. The molecular weight excluding hydrogens is 380 g/mol. The number of rotatable bonds is 5. The van der Waals surface area contributed by atoms with E-state index < -0.39 is 5.97 Å². The van der Waals surface area contributed by atoms with E-state index in [0.29, 0.717) is 26.8 Å². The molecule has 5 nitrogen and oxygen atoms in total. The molecule has 0 atom stereocenters. The monoisotopic (exact) mass is 394 g/mol. The van der Waals surface area contributed by atoms with E-state index in [1.54, 1.807) is 19.9 Å². The lowest BCUT2D eigenvalue weighted by molar-refractivity contribution is -0.112. The van der Waals surface area contributed by atoms with Crippen molar-refractivity contribution in [2.75, 3.05) is 11.9 Å². The molecule has 0 saturated heterocycles. The zero-order valence-corrected chi connectivity index (χ0v) is 15.0. The molecule has 2 aromatic rings. The van der Waals surface area contributed by atoms with Gasteiger partial charge in [0, 0.05) is 0 Å². The van der Waals surface area contributed by atoms with Crippen molar-refractivity contribution in [1.29, 1.82) is 0 Å². The van der Waals surface area contributed by atoms with Gasteiger partial charge in [0.15, 0.2) is 5.13 Å². The summed E-state index contributed by atoms with van der Waals surface area (Å²) in [5.74, 6) is -0.764. The Kier molecular flexibility index (Phi) is 6.06. The number of amides is 1. The standard InChI is InChI=1S/C16H15BrN2O3S/c1-3-22-15(21)13-10(2)18-16(23-13)19-14(20)12(17)9-11-7-5-4-6-8-11/h4-9H,3H2,1-2H3,(H,18,19,20). The van der Waals surface area contributed by atoms with Crippen LogP contribution in [0.3, 0.4) is 0 Å². The summed E-state index contributed by atoms with van der Waals surface area (Å²) in [7, 11) is 0. The number of ether oxygens (including phenoxy) is 1. The quantitative estimate of drug-likeness (QED) is 0.614. The maximum Gasteiger partial charge on any atom is 0.350 e. The van der Waals surface area contributed by atoms with Crippen molar-refractivity contribution < 1.29 is 14.3 Å². The predicted molar refractivity (Wildman–Crippen MR) is 94.8 cm³/mol. The first-order valence-electron chi connectivity index (χ1n) is 6.89. The Bertz CT molecular complexity index is 741. The molecule has 0 saturated carbocycles. The number of nitrogens with one attached hydrogen (secondary N) is 1. The van der Waals surface area contributed by atoms with Gasteiger partial charge in [0.05, 0.1) is 16.8 Å². The van der Waals surface area contributed by atoms with Gasteiger partial charge in [-0.1, -0.05) is 41.7 Å². The minimum atomic E-state index is -0.429. The van der Waals surface area contributed by atoms with Crippen LogP contribution in [0.5, 0.6) is 0 Å². The van der Waals surface area contributed by atoms with Crippen LogP contribution in [0.2, 0.25) is 0 Å². The third-order valence-corrected chi connectivity index (χ3v) is 4.43. The summed E-state index contributed by atoms with van der Waals surface area (Å²) < 4.78 is 5.32. The summed E-state index contributed by atoms with van der Waals surface area (Å²) in [6.07, 6.45) is 1.71. The lowest BCUT2D eigenvalue weighted by Gasteiger charge is -2.00. The molecule has 1 aromatic carbocycles. The Morgan fingerprint density at radius 1 is 1.35 bits per heavy atom. The van der Waals surface area contributed by atoms with Crippen molar-refractivity contribution in [2.24, 2.45) is 0 Å². The van der Waals surface area contributed by atoms with Crippen molar-refractivity contribution in [3.8, 4) is 0 Å². The summed E-state index contributed by atoms with van der Waals surface area (Å²) in [4.78, 5) is 28.5. The number of nitrogens with zero attached hydrogens (tertiary/aromatic N) is 1. The van der Waals surface area contributed by atoms with Crippen molar-refractivity contribution in [2.45, 2.75) is 13.8 Å². The Morgan fingerprint density at radius 2 is 2.04 bits per heavy atom. The average Bonchev–Trinajstić information content (AvgIpc) is 2.89. The van der Waals surface area contributed by atoms with Crippen LogP contribution in [0, 0.1) is 6.92 Å². The van der Waals surface area contributed by atoms with Crippen LogP contribution < -0.4 is 5.32 Å². The van der Waals surface area contributed by atoms with Crippen LogP contribution in [0.25, 0.3) is 6.08 Å². The van der Waals surface area contributed by atoms with Crippen LogP contribution in [0.1, 0.15) is 27.9 Å². The lowest BCUT2D eigenvalue weighted by Crippen LogP contribution is -2.10. The fourth-order valence-corrected chi connectivity index (χ4v) is 2.97. The molecule has 2 rings (SSSR count). The summed E-state index contributed by atoms with van der Waals surface area (Å²) >= 11 is 4.34. The van der Waals surface area contributed by atoms with E-state index in [4.69, 9.17) is 4.74 Å². The molecule has 120 valence electrons. The molecule has 1 heterocycles. The smallest absolute Gasteiger partial charge is 0.350 e. The number of halogens is 1. The third kappa shape index (κ3) is 4.74. The van der Waals surface area contributed by atoms with Gasteiger partial charge in [0.25, 0.3) is 5.91 Å². The fraction of sp³-hybridized carbons (Fsp3) is 0.188. The second kappa shape index (κ2) is 8.03. The van der Waals surface area contributed by atoms with Crippen LogP contribution >= 0.6 is 27.3 Å². The number of thiazole rings is 1. The summed E-state index contributed by atoms with van der Waals surface area (Å²) in [5, 5.41) is 3.02. The first-order chi connectivity index (χ1) is 11.0.